The summed E-state index contributed by atoms with van der Waals surface area (Å²) in [5.74, 6) is -0.231. The van der Waals surface area contributed by atoms with Crippen molar-refractivity contribution in [3.05, 3.63) is 53.1 Å². The molecule has 0 unspecified atom stereocenters. The summed E-state index contributed by atoms with van der Waals surface area (Å²) in [6.07, 6.45) is 1.71. The van der Waals surface area contributed by atoms with E-state index in [1.807, 2.05) is 25.1 Å². The molecule has 2 rings (SSSR count). The van der Waals surface area contributed by atoms with E-state index in [4.69, 9.17) is 5.26 Å². The van der Waals surface area contributed by atoms with Crippen molar-refractivity contribution >= 4 is 5.91 Å². The Labute approximate surface area is 104 Å². The predicted molar refractivity (Wildman–Crippen MR) is 65.7 cm³/mol. The van der Waals surface area contributed by atoms with Crippen molar-refractivity contribution < 1.29 is 4.79 Å². The molecule has 5 heteroatoms. The van der Waals surface area contributed by atoms with Crippen LogP contribution >= 0.6 is 0 Å². The van der Waals surface area contributed by atoms with Crippen LogP contribution in [0.5, 0.6) is 0 Å². The van der Waals surface area contributed by atoms with Gasteiger partial charge in [-0.05, 0) is 36.8 Å². The minimum absolute atomic E-state index is 0.231. The number of hydrogen-bond donors (Lipinski definition) is 2. The fourth-order valence-corrected chi connectivity index (χ4v) is 1.58. The van der Waals surface area contributed by atoms with Gasteiger partial charge in [0.05, 0.1) is 0 Å². The first-order chi connectivity index (χ1) is 8.69. The number of aryl methyl sites for hydroxylation is 1. The van der Waals surface area contributed by atoms with Crippen molar-refractivity contribution in [2.45, 2.75) is 13.5 Å². The molecular weight excluding hydrogens is 228 g/mol. The zero-order valence-electron chi connectivity index (χ0n) is 9.90. The number of nitrogens with zero attached hydrogens (tertiary/aromatic N) is 2. The van der Waals surface area contributed by atoms with Crippen LogP contribution in [-0.4, -0.2) is 15.9 Å². The van der Waals surface area contributed by atoms with E-state index in [1.165, 1.54) is 0 Å². The van der Waals surface area contributed by atoms with Gasteiger partial charge in [0.15, 0.2) is 0 Å². The number of nitriles is 1. The topological polar surface area (TPSA) is 81.6 Å². The molecule has 0 saturated heterocycles. The molecule has 0 atom stereocenters. The quantitative estimate of drug-likeness (QED) is 0.853. The molecule has 0 aliphatic rings. The third-order valence-electron chi connectivity index (χ3n) is 2.47. The first kappa shape index (κ1) is 11.9. The predicted octanol–water partition coefficient (Wildman–Crippen LogP) is 1.52. The first-order valence-corrected chi connectivity index (χ1v) is 5.48. The number of H-pyrrole nitrogens is 1. The lowest BCUT2D eigenvalue weighted by Crippen LogP contribution is -2.23. The molecule has 0 aliphatic carbocycles. The van der Waals surface area contributed by atoms with Crippen molar-refractivity contribution in [2.24, 2.45) is 0 Å². The minimum atomic E-state index is -0.231. The van der Waals surface area contributed by atoms with Crippen LogP contribution in [0.4, 0.5) is 0 Å². The van der Waals surface area contributed by atoms with E-state index in [0.29, 0.717) is 17.9 Å². The Kier molecular flexibility index (Phi) is 3.39. The van der Waals surface area contributed by atoms with E-state index in [1.54, 1.807) is 18.3 Å². The molecule has 0 spiro atoms. The largest absolute Gasteiger partial charge is 0.347 e. The van der Waals surface area contributed by atoms with E-state index in [0.717, 1.165) is 11.3 Å². The number of aromatic amines is 1. The van der Waals surface area contributed by atoms with Gasteiger partial charge in [0.2, 0.25) is 0 Å². The zero-order chi connectivity index (χ0) is 13.0. The molecule has 18 heavy (non-hydrogen) atoms. The smallest absolute Gasteiger partial charge is 0.267 e. The Hall–Kier alpha value is -2.61. The lowest BCUT2D eigenvalue weighted by atomic mass is 10.2. The number of hydrogen-bond acceptors (Lipinski definition) is 3. The highest BCUT2D eigenvalue weighted by Crippen LogP contribution is 2.03. The Morgan fingerprint density at radius 2 is 2.33 bits per heavy atom. The normalized spacial score (nSPS) is 9.78. The molecule has 0 radical (unpaired) electrons. The summed E-state index contributed by atoms with van der Waals surface area (Å²) in [5.41, 5.74) is 2.66. The molecule has 0 saturated carbocycles. The van der Waals surface area contributed by atoms with Crippen LogP contribution in [0.1, 0.15) is 27.4 Å². The Balaban J connectivity index is 1.98. The lowest BCUT2D eigenvalue weighted by molar-refractivity contribution is 0.0946. The molecule has 0 aromatic carbocycles. The second kappa shape index (κ2) is 5.15. The van der Waals surface area contributed by atoms with Gasteiger partial charge in [-0.1, -0.05) is 0 Å². The van der Waals surface area contributed by atoms with Gasteiger partial charge in [-0.2, -0.15) is 5.26 Å². The van der Waals surface area contributed by atoms with E-state index >= 15 is 0 Å². The third-order valence-corrected chi connectivity index (χ3v) is 2.47. The highest BCUT2D eigenvalue weighted by Gasteiger charge is 2.07. The first-order valence-electron chi connectivity index (χ1n) is 5.48. The lowest BCUT2D eigenvalue weighted by Gasteiger charge is -2.04. The number of amides is 1. The standard InChI is InChI=1S/C13H12N4O/c1-9-6-10(4-5-15-9)8-16-13(18)12-3-2-11(7-14)17-12/h2-6,17H,8H2,1H3,(H,16,18). The van der Waals surface area contributed by atoms with E-state index in [2.05, 4.69) is 15.3 Å². The number of carbonyl (C=O) groups excluding carboxylic acids is 1. The third kappa shape index (κ3) is 2.74. The monoisotopic (exact) mass is 240 g/mol. The van der Waals surface area contributed by atoms with Crippen LogP contribution in [0.2, 0.25) is 0 Å². The van der Waals surface area contributed by atoms with Crippen LogP contribution in [-0.2, 0) is 6.54 Å². The van der Waals surface area contributed by atoms with Gasteiger partial charge in [-0.15, -0.1) is 0 Å². The summed E-state index contributed by atoms with van der Waals surface area (Å²) in [5, 5.41) is 11.4. The zero-order valence-corrected chi connectivity index (χ0v) is 9.90. The molecule has 2 heterocycles. The molecular formula is C13H12N4O. The van der Waals surface area contributed by atoms with Crippen LogP contribution in [0.25, 0.3) is 0 Å². The number of nitrogens with one attached hydrogen (secondary N) is 2. The number of carbonyl (C=O) groups is 1. The SMILES string of the molecule is Cc1cc(CNC(=O)c2ccc(C#N)[nH]2)ccn1. The van der Waals surface area contributed by atoms with Gasteiger partial charge in [-0.25, -0.2) is 0 Å². The van der Waals surface area contributed by atoms with Gasteiger partial charge in [0.25, 0.3) is 5.91 Å². The molecule has 90 valence electrons. The van der Waals surface area contributed by atoms with Gasteiger partial charge >= 0.3 is 0 Å². The van der Waals surface area contributed by atoms with E-state index in [-0.39, 0.29) is 5.91 Å². The van der Waals surface area contributed by atoms with E-state index in [9.17, 15) is 4.79 Å². The highest BCUT2D eigenvalue weighted by molar-refractivity contribution is 5.92. The molecule has 2 N–H and O–H groups in total. The average Bonchev–Trinajstić information content (AvgIpc) is 2.85. The van der Waals surface area contributed by atoms with Crippen molar-refractivity contribution in [3.8, 4) is 6.07 Å². The minimum Gasteiger partial charge on any atom is -0.347 e. The van der Waals surface area contributed by atoms with Crippen LogP contribution in [0.15, 0.2) is 30.5 Å². The molecule has 5 nitrogen and oxygen atoms in total. The fourth-order valence-electron chi connectivity index (χ4n) is 1.58. The maximum atomic E-state index is 11.8. The summed E-state index contributed by atoms with van der Waals surface area (Å²) in [6, 6.07) is 8.87. The van der Waals surface area contributed by atoms with Gasteiger partial charge < -0.3 is 10.3 Å². The van der Waals surface area contributed by atoms with Crippen molar-refractivity contribution in [1.82, 2.24) is 15.3 Å². The Morgan fingerprint density at radius 1 is 1.50 bits per heavy atom. The number of rotatable bonds is 3. The summed E-state index contributed by atoms with van der Waals surface area (Å²) < 4.78 is 0. The molecule has 2 aromatic heterocycles. The molecule has 0 aliphatic heterocycles. The Morgan fingerprint density at radius 3 is 3.00 bits per heavy atom. The van der Waals surface area contributed by atoms with Gasteiger partial charge in [-0.3, -0.25) is 9.78 Å². The van der Waals surface area contributed by atoms with Crippen molar-refractivity contribution in [3.63, 3.8) is 0 Å². The number of pyridine rings is 1. The summed E-state index contributed by atoms with van der Waals surface area (Å²) in [6.45, 7) is 2.33. The van der Waals surface area contributed by atoms with Crippen LogP contribution in [0, 0.1) is 18.3 Å². The fraction of sp³-hybridized carbons (Fsp3) is 0.154. The maximum Gasteiger partial charge on any atom is 0.267 e. The maximum absolute atomic E-state index is 11.8. The molecule has 0 bridgehead atoms. The summed E-state index contributed by atoms with van der Waals surface area (Å²) >= 11 is 0. The van der Waals surface area contributed by atoms with Crippen LogP contribution < -0.4 is 5.32 Å². The Bertz CT molecular complexity index is 609. The summed E-state index contributed by atoms with van der Waals surface area (Å²) in [7, 11) is 0. The number of aromatic nitrogens is 2. The van der Waals surface area contributed by atoms with Crippen LogP contribution in [0.3, 0.4) is 0 Å². The second-order valence-electron chi connectivity index (χ2n) is 3.89. The summed E-state index contributed by atoms with van der Waals surface area (Å²) in [4.78, 5) is 18.6. The highest BCUT2D eigenvalue weighted by atomic mass is 16.1. The molecule has 0 fully saturated rings. The van der Waals surface area contributed by atoms with Crippen molar-refractivity contribution in [1.29, 1.82) is 5.26 Å². The molecule has 2 aromatic rings. The molecule has 1 amide bonds. The van der Waals surface area contributed by atoms with Gasteiger partial charge in [0.1, 0.15) is 17.5 Å². The van der Waals surface area contributed by atoms with Gasteiger partial charge in [0, 0.05) is 18.4 Å². The van der Waals surface area contributed by atoms with Crippen molar-refractivity contribution in [2.75, 3.05) is 0 Å². The average molecular weight is 240 g/mol. The second-order valence-corrected chi connectivity index (χ2v) is 3.89. The van der Waals surface area contributed by atoms with E-state index < -0.39 is 0 Å².